The number of anilines is 2. The number of hydrogen-bond donors (Lipinski definition) is 2. The normalized spacial score (nSPS) is 11.8. The maximum Gasteiger partial charge on any atom is 0.417 e. The molecule has 0 heterocycles. The highest BCUT2D eigenvalue weighted by Gasteiger charge is 2.36. The van der Waals surface area contributed by atoms with Crippen molar-refractivity contribution in [3.8, 4) is 0 Å². The summed E-state index contributed by atoms with van der Waals surface area (Å²) in [6, 6.07) is 9.43. The van der Waals surface area contributed by atoms with Crippen LogP contribution in [0, 0.1) is 0 Å². The fraction of sp³-hybridized carbons (Fsp3) is 0.133. The molecule has 5 nitrogen and oxygen atoms in total. The molecule has 0 radical (unpaired) electrons. The molecule has 1 amide bonds. The van der Waals surface area contributed by atoms with Crippen LogP contribution in [0.5, 0.6) is 0 Å². The molecule has 0 bridgehead atoms. The molecule has 128 valence electrons. The van der Waals surface area contributed by atoms with Gasteiger partial charge in [-0.2, -0.15) is 13.2 Å². The van der Waals surface area contributed by atoms with Crippen molar-refractivity contribution in [2.75, 3.05) is 10.0 Å². The predicted octanol–water partition coefficient (Wildman–Crippen LogP) is 3.46. The van der Waals surface area contributed by atoms with Crippen LogP contribution >= 0.6 is 0 Å². The number of benzene rings is 2. The van der Waals surface area contributed by atoms with Crippen molar-refractivity contribution >= 4 is 27.3 Å². The van der Waals surface area contributed by atoms with Gasteiger partial charge in [-0.25, -0.2) is 8.42 Å². The third-order valence-corrected chi connectivity index (χ3v) is 4.38. The summed E-state index contributed by atoms with van der Waals surface area (Å²) >= 11 is 0. The molecule has 2 N–H and O–H groups in total. The van der Waals surface area contributed by atoms with Gasteiger partial charge in [-0.05, 0) is 36.4 Å². The van der Waals surface area contributed by atoms with Gasteiger partial charge in [0.1, 0.15) is 0 Å². The van der Waals surface area contributed by atoms with Crippen molar-refractivity contribution in [1.29, 1.82) is 0 Å². The van der Waals surface area contributed by atoms with Crippen LogP contribution in [0.4, 0.5) is 24.5 Å². The van der Waals surface area contributed by atoms with E-state index in [0.717, 1.165) is 12.1 Å². The van der Waals surface area contributed by atoms with Crippen molar-refractivity contribution in [2.24, 2.45) is 0 Å². The van der Waals surface area contributed by atoms with E-state index in [1.807, 2.05) is 0 Å². The number of carbonyl (C=O) groups is 1. The second-order valence-corrected chi connectivity index (χ2v) is 6.51. The highest BCUT2D eigenvalue weighted by Crippen LogP contribution is 2.34. The summed E-state index contributed by atoms with van der Waals surface area (Å²) < 4.78 is 65.5. The van der Waals surface area contributed by atoms with Crippen LogP contribution in [0.3, 0.4) is 0 Å². The monoisotopic (exact) mass is 358 g/mol. The maximum atomic E-state index is 13.0. The fourth-order valence-corrected chi connectivity index (χ4v) is 3.26. The van der Waals surface area contributed by atoms with Gasteiger partial charge in [0.25, 0.3) is 10.0 Å². The first kappa shape index (κ1) is 17.8. The Kier molecular flexibility index (Phi) is 4.83. The summed E-state index contributed by atoms with van der Waals surface area (Å²) in [6.07, 6.45) is -4.79. The minimum atomic E-state index is -4.79. The van der Waals surface area contributed by atoms with E-state index in [1.54, 1.807) is 0 Å². The average Bonchev–Trinajstić information content (AvgIpc) is 2.48. The van der Waals surface area contributed by atoms with Crippen molar-refractivity contribution in [3.63, 3.8) is 0 Å². The van der Waals surface area contributed by atoms with E-state index in [0.29, 0.717) is 11.8 Å². The molecule has 0 fully saturated rings. The minimum Gasteiger partial charge on any atom is -0.326 e. The van der Waals surface area contributed by atoms with Gasteiger partial charge >= 0.3 is 6.18 Å². The molecule has 2 aromatic rings. The molecule has 0 aliphatic rings. The number of halogens is 3. The molecule has 2 aromatic carbocycles. The first-order chi connectivity index (χ1) is 11.1. The van der Waals surface area contributed by atoms with Gasteiger partial charge in [0.15, 0.2) is 0 Å². The minimum absolute atomic E-state index is 0.0704. The quantitative estimate of drug-likeness (QED) is 0.879. The van der Waals surface area contributed by atoms with Gasteiger partial charge in [0.05, 0.1) is 10.5 Å². The summed E-state index contributed by atoms with van der Waals surface area (Å²) in [4.78, 5) is 10.1. The molecule has 0 aliphatic carbocycles. The molecule has 0 unspecified atom stereocenters. The van der Waals surface area contributed by atoms with E-state index in [-0.39, 0.29) is 11.6 Å². The van der Waals surface area contributed by atoms with Gasteiger partial charge in [0, 0.05) is 18.3 Å². The van der Waals surface area contributed by atoms with Crippen molar-refractivity contribution in [1.82, 2.24) is 0 Å². The number of hydrogen-bond acceptors (Lipinski definition) is 3. The largest absolute Gasteiger partial charge is 0.417 e. The Morgan fingerprint density at radius 3 is 2.04 bits per heavy atom. The highest BCUT2D eigenvalue weighted by molar-refractivity contribution is 7.92. The van der Waals surface area contributed by atoms with Crippen molar-refractivity contribution in [3.05, 3.63) is 54.1 Å². The van der Waals surface area contributed by atoms with Crippen LogP contribution in [-0.2, 0) is 21.0 Å². The third kappa shape index (κ3) is 4.25. The zero-order valence-electron chi connectivity index (χ0n) is 12.4. The molecule has 24 heavy (non-hydrogen) atoms. The van der Waals surface area contributed by atoms with Gasteiger partial charge in [-0.1, -0.05) is 12.1 Å². The highest BCUT2D eigenvalue weighted by atomic mass is 32.2. The van der Waals surface area contributed by atoms with Crippen molar-refractivity contribution in [2.45, 2.75) is 18.0 Å². The number of carbonyl (C=O) groups excluding carboxylic acids is 1. The van der Waals surface area contributed by atoms with Gasteiger partial charge in [-0.15, -0.1) is 0 Å². The number of sulfonamides is 1. The fourth-order valence-electron chi connectivity index (χ4n) is 1.97. The first-order valence-corrected chi connectivity index (χ1v) is 8.14. The van der Waals surface area contributed by atoms with E-state index in [1.165, 1.54) is 37.3 Å². The molecule has 0 spiro atoms. The molecule has 0 aliphatic heterocycles. The summed E-state index contributed by atoms with van der Waals surface area (Å²) in [7, 11) is -4.42. The smallest absolute Gasteiger partial charge is 0.326 e. The Bertz CT molecular complexity index is 847. The lowest BCUT2D eigenvalue weighted by Crippen LogP contribution is -2.18. The predicted molar refractivity (Wildman–Crippen MR) is 83.0 cm³/mol. The Labute approximate surface area is 136 Å². The van der Waals surface area contributed by atoms with Crippen molar-refractivity contribution < 1.29 is 26.4 Å². The van der Waals surface area contributed by atoms with Gasteiger partial charge in [-0.3, -0.25) is 9.52 Å². The molecular formula is C15H13F3N2O3S. The Hall–Kier alpha value is -2.55. The van der Waals surface area contributed by atoms with E-state index in [4.69, 9.17) is 0 Å². The molecule has 9 heteroatoms. The third-order valence-electron chi connectivity index (χ3n) is 2.94. The summed E-state index contributed by atoms with van der Waals surface area (Å²) in [5, 5.41) is 2.49. The Morgan fingerprint density at radius 2 is 1.50 bits per heavy atom. The Balaban J connectivity index is 2.31. The summed E-state index contributed by atoms with van der Waals surface area (Å²) in [5.41, 5.74) is -0.741. The average molecular weight is 358 g/mol. The lowest BCUT2D eigenvalue weighted by atomic mass is 10.2. The SMILES string of the molecule is CC(=O)Nc1ccc(NS(=O)(=O)c2ccccc2C(F)(F)F)cc1. The van der Waals surface area contributed by atoms with Crippen LogP contribution in [0.15, 0.2) is 53.4 Å². The molecular weight excluding hydrogens is 345 g/mol. The number of alkyl halides is 3. The van der Waals surface area contributed by atoms with Gasteiger partial charge < -0.3 is 5.32 Å². The van der Waals surface area contributed by atoms with Crippen LogP contribution in [0.25, 0.3) is 0 Å². The Morgan fingerprint density at radius 1 is 0.958 bits per heavy atom. The van der Waals surface area contributed by atoms with Crippen LogP contribution < -0.4 is 10.0 Å². The number of nitrogens with one attached hydrogen (secondary N) is 2. The lowest BCUT2D eigenvalue weighted by Gasteiger charge is -2.14. The topological polar surface area (TPSA) is 75.3 Å². The molecule has 0 aromatic heterocycles. The lowest BCUT2D eigenvalue weighted by molar-refractivity contribution is -0.139. The number of amides is 1. The standard InChI is InChI=1S/C15H13F3N2O3S/c1-10(21)19-11-6-8-12(9-7-11)20-24(22,23)14-5-3-2-4-13(14)15(16,17)18/h2-9,20H,1H3,(H,19,21). The molecule has 0 saturated carbocycles. The van der Waals surface area contributed by atoms with E-state index in [9.17, 15) is 26.4 Å². The molecule has 2 rings (SSSR count). The zero-order chi connectivity index (χ0) is 18.0. The first-order valence-electron chi connectivity index (χ1n) is 6.66. The second-order valence-electron chi connectivity index (χ2n) is 4.86. The summed E-state index contributed by atoms with van der Waals surface area (Å²) in [6.45, 7) is 1.31. The zero-order valence-corrected chi connectivity index (χ0v) is 13.2. The number of rotatable bonds is 4. The maximum absolute atomic E-state index is 13.0. The molecule has 0 saturated heterocycles. The van der Waals surface area contributed by atoms with Crippen LogP contribution in [0.2, 0.25) is 0 Å². The van der Waals surface area contributed by atoms with E-state index >= 15 is 0 Å². The summed E-state index contributed by atoms with van der Waals surface area (Å²) in [5.74, 6) is -0.303. The van der Waals surface area contributed by atoms with E-state index < -0.39 is 26.7 Å². The van der Waals surface area contributed by atoms with Crippen LogP contribution in [-0.4, -0.2) is 14.3 Å². The molecule has 0 atom stereocenters. The van der Waals surface area contributed by atoms with Crippen LogP contribution in [0.1, 0.15) is 12.5 Å². The van der Waals surface area contributed by atoms with Gasteiger partial charge in [0.2, 0.25) is 5.91 Å². The second kappa shape index (κ2) is 6.52. The van der Waals surface area contributed by atoms with E-state index in [2.05, 4.69) is 10.0 Å².